The van der Waals surface area contributed by atoms with Crippen molar-refractivity contribution in [1.82, 2.24) is 25.9 Å². The Kier molecular flexibility index (Phi) is 3.77. The Hall–Kier alpha value is -1.76. The first-order valence-corrected chi connectivity index (χ1v) is 7.73. The summed E-state index contributed by atoms with van der Waals surface area (Å²) in [6.45, 7) is 2.27. The number of carbonyl (C=O) groups is 1. The monoisotopic (exact) mass is 291 g/mol. The van der Waals surface area contributed by atoms with Crippen LogP contribution in [0.5, 0.6) is 0 Å². The molecule has 0 unspecified atom stereocenters. The first-order chi connectivity index (χ1) is 9.72. The van der Waals surface area contributed by atoms with Crippen LogP contribution in [0.2, 0.25) is 0 Å². The molecule has 1 aliphatic carbocycles. The second-order valence-electron chi connectivity index (χ2n) is 5.37. The predicted molar refractivity (Wildman–Crippen MR) is 76.4 cm³/mol. The molecule has 0 spiro atoms. The molecule has 3 rings (SSSR count). The fourth-order valence-corrected chi connectivity index (χ4v) is 3.31. The van der Waals surface area contributed by atoms with E-state index >= 15 is 0 Å². The predicted octanol–water partition coefficient (Wildman–Crippen LogP) is 2.24. The average Bonchev–Trinajstić information content (AvgIpc) is 3.11. The van der Waals surface area contributed by atoms with Gasteiger partial charge in [-0.3, -0.25) is 4.79 Å². The summed E-state index contributed by atoms with van der Waals surface area (Å²) in [5, 5.41) is 18.8. The number of nitrogens with one attached hydrogen (secondary N) is 2. The SMILES string of the molecule is CC1CCC(NC(=O)c2cc(-c3nn[nH]n3)cs2)CC1. The lowest BCUT2D eigenvalue weighted by molar-refractivity contribution is 0.0927. The van der Waals surface area contributed by atoms with Gasteiger partial charge in [-0.25, -0.2) is 0 Å². The van der Waals surface area contributed by atoms with Crippen molar-refractivity contribution in [3.63, 3.8) is 0 Å². The van der Waals surface area contributed by atoms with Crippen molar-refractivity contribution in [2.45, 2.75) is 38.6 Å². The van der Waals surface area contributed by atoms with Crippen molar-refractivity contribution in [1.29, 1.82) is 0 Å². The van der Waals surface area contributed by atoms with E-state index in [1.165, 1.54) is 24.2 Å². The van der Waals surface area contributed by atoms with E-state index in [0.29, 0.717) is 16.7 Å². The summed E-state index contributed by atoms with van der Waals surface area (Å²) >= 11 is 1.41. The lowest BCUT2D eigenvalue weighted by atomic mass is 9.87. The minimum absolute atomic E-state index is 0.00398. The Labute approximate surface area is 121 Å². The van der Waals surface area contributed by atoms with Crippen LogP contribution in [0.25, 0.3) is 11.4 Å². The molecule has 2 heterocycles. The molecule has 0 aliphatic heterocycles. The Morgan fingerprint density at radius 1 is 1.40 bits per heavy atom. The zero-order chi connectivity index (χ0) is 13.9. The molecule has 2 aromatic rings. The minimum Gasteiger partial charge on any atom is -0.349 e. The van der Waals surface area contributed by atoms with Gasteiger partial charge in [-0.2, -0.15) is 5.21 Å². The minimum atomic E-state index is 0.00398. The zero-order valence-corrected chi connectivity index (χ0v) is 12.1. The molecule has 7 heteroatoms. The number of amides is 1. The number of aromatic nitrogens is 4. The summed E-state index contributed by atoms with van der Waals surface area (Å²) in [5.41, 5.74) is 0.825. The molecule has 1 aliphatic rings. The van der Waals surface area contributed by atoms with Gasteiger partial charge in [0.1, 0.15) is 0 Å². The smallest absolute Gasteiger partial charge is 0.261 e. The molecule has 2 aromatic heterocycles. The molecule has 0 aromatic carbocycles. The van der Waals surface area contributed by atoms with Gasteiger partial charge in [0.05, 0.1) is 4.88 Å². The molecule has 0 atom stereocenters. The van der Waals surface area contributed by atoms with Gasteiger partial charge in [0.15, 0.2) is 0 Å². The van der Waals surface area contributed by atoms with Crippen molar-refractivity contribution in [3.8, 4) is 11.4 Å². The molecule has 1 saturated carbocycles. The first kappa shape index (κ1) is 13.2. The molecular formula is C13H17N5OS. The summed E-state index contributed by atoms with van der Waals surface area (Å²) < 4.78 is 0. The number of aromatic amines is 1. The van der Waals surface area contributed by atoms with E-state index in [1.54, 1.807) is 0 Å². The van der Waals surface area contributed by atoms with Crippen molar-refractivity contribution < 1.29 is 4.79 Å². The van der Waals surface area contributed by atoms with E-state index in [1.807, 2.05) is 11.4 Å². The molecule has 1 fully saturated rings. The van der Waals surface area contributed by atoms with Crippen LogP contribution in [0, 0.1) is 5.92 Å². The van der Waals surface area contributed by atoms with Gasteiger partial charge in [-0.15, -0.1) is 21.5 Å². The molecule has 2 N–H and O–H groups in total. The van der Waals surface area contributed by atoms with E-state index in [4.69, 9.17) is 0 Å². The Morgan fingerprint density at radius 3 is 2.90 bits per heavy atom. The highest BCUT2D eigenvalue weighted by Gasteiger charge is 2.21. The standard InChI is InChI=1S/C13H17N5OS/c1-8-2-4-10(5-3-8)14-13(19)11-6-9(7-20-11)12-15-17-18-16-12/h6-8,10H,2-5H2,1H3,(H,14,19)(H,15,16,17,18). The average molecular weight is 291 g/mol. The van der Waals surface area contributed by atoms with Crippen LogP contribution in [0.3, 0.4) is 0 Å². The normalized spacial score (nSPS) is 22.6. The number of hydrogen-bond donors (Lipinski definition) is 2. The number of carbonyl (C=O) groups excluding carboxylic acids is 1. The summed E-state index contributed by atoms with van der Waals surface area (Å²) in [4.78, 5) is 12.9. The van der Waals surface area contributed by atoms with E-state index < -0.39 is 0 Å². The van der Waals surface area contributed by atoms with Crippen molar-refractivity contribution in [2.75, 3.05) is 0 Å². The molecule has 0 bridgehead atoms. The van der Waals surface area contributed by atoms with Crippen LogP contribution in [-0.4, -0.2) is 32.6 Å². The van der Waals surface area contributed by atoms with Crippen LogP contribution < -0.4 is 5.32 Å². The second kappa shape index (κ2) is 5.70. The van der Waals surface area contributed by atoms with Gasteiger partial charge in [-0.1, -0.05) is 6.92 Å². The van der Waals surface area contributed by atoms with Gasteiger partial charge < -0.3 is 5.32 Å². The van der Waals surface area contributed by atoms with Gasteiger partial charge in [0.25, 0.3) is 5.91 Å². The number of H-pyrrole nitrogens is 1. The van der Waals surface area contributed by atoms with Gasteiger partial charge in [-0.05, 0) is 42.9 Å². The maximum Gasteiger partial charge on any atom is 0.261 e. The third-order valence-electron chi connectivity index (χ3n) is 3.78. The lowest BCUT2D eigenvalue weighted by Crippen LogP contribution is -2.36. The van der Waals surface area contributed by atoms with Crippen molar-refractivity contribution in [3.05, 3.63) is 16.3 Å². The highest BCUT2D eigenvalue weighted by molar-refractivity contribution is 7.12. The van der Waals surface area contributed by atoms with Crippen LogP contribution >= 0.6 is 11.3 Å². The number of hydrogen-bond acceptors (Lipinski definition) is 5. The maximum absolute atomic E-state index is 12.2. The topological polar surface area (TPSA) is 83.6 Å². The number of thiophene rings is 1. The molecule has 20 heavy (non-hydrogen) atoms. The van der Waals surface area contributed by atoms with Crippen LogP contribution in [0.4, 0.5) is 0 Å². The highest BCUT2D eigenvalue weighted by atomic mass is 32.1. The first-order valence-electron chi connectivity index (χ1n) is 6.85. The lowest BCUT2D eigenvalue weighted by Gasteiger charge is -2.26. The molecule has 6 nitrogen and oxygen atoms in total. The number of nitrogens with zero attached hydrogens (tertiary/aromatic N) is 3. The van der Waals surface area contributed by atoms with Crippen LogP contribution in [-0.2, 0) is 0 Å². The van der Waals surface area contributed by atoms with Gasteiger partial charge >= 0.3 is 0 Å². The largest absolute Gasteiger partial charge is 0.349 e. The molecule has 0 radical (unpaired) electrons. The van der Waals surface area contributed by atoms with Crippen molar-refractivity contribution >= 4 is 17.2 Å². The third kappa shape index (κ3) is 2.87. The van der Waals surface area contributed by atoms with Crippen molar-refractivity contribution in [2.24, 2.45) is 5.92 Å². The summed E-state index contributed by atoms with van der Waals surface area (Å²) in [7, 11) is 0. The van der Waals surface area contributed by atoms with E-state index in [-0.39, 0.29) is 5.91 Å². The van der Waals surface area contributed by atoms with E-state index in [2.05, 4.69) is 32.9 Å². The highest BCUT2D eigenvalue weighted by Crippen LogP contribution is 2.25. The summed E-state index contributed by atoms with van der Waals surface area (Å²) in [6.07, 6.45) is 4.55. The van der Waals surface area contributed by atoms with Crippen LogP contribution in [0.1, 0.15) is 42.3 Å². The van der Waals surface area contributed by atoms with E-state index in [9.17, 15) is 4.79 Å². The quantitative estimate of drug-likeness (QED) is 0.908. The summed E-state index contributed by atoms with van der Waals surface area (Å²) in [6, 6.07) is 2.13. The Balaban J connectivity index is 1.63. The number of tetrazole rings is 1. The third-order valence-corrected chi connectivity index (χ3v) is 4.71. The fourth-order valence-electron chi connectivity index (χ4n) is 2.52. The molecule has 0 saturated heterocycles. The zero-order valence-electron chi connectivity index (χ0n) is 11.3. The number of rotatable bonds is 3. The van der Waals surface area contributed by atoms with Gasteiger partial charge in [0.2, 0.25) is 5.82 Å². The Bertz CT molecular complexity index is 571. The van der Waals surface area contributed by atoms with Gasteiger partial charge in [0, 0.05) is 17.0 Å². The fraction of sp³-hybridized carbons (Fsp3) is 0.538. The van der Waals surface area contributed by atoms with E-state index in [0.717, 1.165) is 24.3 Å². The summed E-state index contributed by atoms with van der Waals surface area (Å²) in [5.74, 6) is 1.31. The molecular weight excluding hydrogens is 274 g/mol. The molecule has 1 amide bonds. The second-order valence-corrected chi connectivity index (χ2v) is 6.28. The Morgan fingerprint density at radius 2 is 2.20 bits per heavy atom. The molecule has 106 valence electrons. The van der Waals surface area contributed by atoms with Crippen LogP contribution in [0.15, 0.2) is 11.4 Å². The maximum atomic E-state index is 12.2.